The van der Waals surface area contributed by atoms with Gasteiger partial charge < -0.3 is 15.6 Å². The van der Waals surface area contributed by atoms with Gasteiger partial charge in [-0.3, -0.25) is 0 Å². The van der Waals surface area contributed by atoms with Gasteiger partial charge in [0.2, 0.25) is 0 Å². The monoisotopic (exact) mass is 190 g/mol. The summed E-state index contributed by atoms with van der Waals surface area (Å²) in [4.78, 5) is 10.1. The second kappa shape index (κ2) is 2.96. The zero-order valence-corrected chi connectivity index (χ0v) is 6.11. The molecule has 0 atom stereocenters. The first-order chi connectivity index (χ1) is 5.95. The van der Waals surface area contributed by atoms with Crippen LogP contribution in [0.3, 0.4) is 0 Å². The van der Waals surface area contributed by atoms with Gasteiger partial charge in [0.1, 0.15) is 0 Å². The standard InChI is InChI=1S/C7H4F3NO2/c8-2-1-3(11)6(10)4(5(2)9)7(12)13/h1H,11H2,(H,12,13)/p-1. The fraction of sp³-hybridized carbons (Fsp3) is 0. The second-order valence-corrected chi connectivity index (χ2v) is 2.24. The molecule has 0 aromatic heterocycles. The Morgan fingerprint density at radius 1 is 1.31 bits per heavy atom. The first-order valence-electron chi connectivity index (χ1n) is 3.09. The van der Waals surface area contributed by atoms with Crippen LogP contribution in [0.5, 0.6) is 0 Å². The molecule has 0 radical (unpaired) electrons. The Balaban J connectivity index is 3.56. The van der Waals surface area contributed by atoms with Crippen LogP contribution < -0.4 is 10.8 Å². The first-order valence-corrected chi connectivity index (χ1v) is 3.09. The summed E-state index contributed by atoms with van der Waals surface area (Å²) in [5, 5.41) is 10.1. The number of nitrogen functional groups attached to an aromatic ring is 1. The molecule has 0 spiro atoms. The third-order valence-electron chi connectivity index (χ3n) is 1.39. The van der Waals surface area contributed by atoms with E-state index >= 15 is 0 Å². The van der Waals surface area contributed by atoms with E-state index in [2.05, 4.69) is 0 Å². The number of hydrogen-bond acceptors (Lipinski definition) is 3. The number of benzene rings is 1. The van der Waals surface area contributed by atoms with Crippen LogP contribution >= 0.6 is 0 Å². The van der Waals surface area contributed by atoms with Gasteiger partial charge in [0.25, 0.3) is 0 Å². The summed E-state index contributed by atoms with van der Waals surface area (Å²) in [5.74, 6) is -7.02. The molecule has 0 aliphatic rings. The van der Waals surface area contributed by atoms with Gasteiger partial charge in [-0.2, -0.15) is 0 Å². The summed E-state index contributed by atoms with van der Waals surface area (Å²) in [6.45, 7) is 0. The highest BCUT2D eigenvalue weighted by molar-refractivity contribution is 5.87. The molecule has 0 saturated heterocycles. The quantitative estimate of drug-likeness (QED) is 0.502. The van der Waals surface area contributed by atoms with Gasteiger partial charge in [-0.05, 0) is 0 Å². The van der Waals surface area contributed by atoms with E-state index in [1.807, 2.05) is 0 Å². The molecule has 0 amide bonds. The summed E-state index contributed by atoms with van der Waals surface area (Å²) in [6.07, 6.45) is 0. The smallest absolute Gasteiger partial charge is 0.170 e. The minimum absolute atomic E-state index is 0.358. The minimum Gasteiger partial charge on any atom is -0.545 e. The number of halogens is 3. The molecular weight excluding hydrogens is 187 g/mol. The molecule has 0 bridgehead atoms. The van der Waals surface area contributed by atoms with Crippen molar-refractivity contribution in [2.24, 2.45) is 0 Å². The Labute approximate surface area is 70.6 Å². The Hall–Kier alpha value is -1.72. The highest BCUT2D eigenvalue weighted by Crippen LogP contribution is 2.20. The average Bonchev–Trinajstić information content (AvgIpc) is 2.01. The normalized spacial score (nSPS) is 10.1. The third kappa shape index (κ3) is 1.42. The molecule has 0 aliphatic heterocycles. The van der Waals surface area contributed by atoms with Gasteiger partial charge in [-0.25, -0.2) is 13.2 Å². The maximum absolute atomic E-state index is 12.7. The summed E-state index contributed by atoms with van der Waals surface area (Å²) in [5.41, 5.74) is 2.59. The van der Waals surface area contributed by atoms with Crippen LogP contribution in [-0.2, 0) is 0 Å². The minimum atomic E-state index is -2.15. The van der Waals surface area contributed by atoms with E-state index in [0.29, 0.717) is 6.07 Å². The predicted molar refractivity (Wildman–Crippen MR) is 35.1 cm³/mol. The number of rotatable bonds is 1. The van der Waals surface area contributed by atoms with Crippen molar-refractivity contribution in [3.63, 3.8) is 0 Å². The van der Waals surface area contributed by atoms with E-state index in [0.717, 1.165) is 0 Å². The first kappa shape index (κ1) is 9.37. The van der Waals surface area contributed by atoms with E-state index in [1.54, 1.807) is 0 Å². The highest BCUT2D eigenvalue weighted by atomic mass is 19.2. The van der Waals surface area contributed by atoms with Crippen LogP contribution in [0.15, 0.2) is 6.07 Å². The van der Waals surface area contributed by atoms with Gasteiger partial charge in [-0.1, -0.05) is 0 Å². The van der Waals surface area contributed by atoms with Crippen LogP contribution in [0, 0.1) is 17.5 Å². The molecule has 0 heterocycles. The molecule has 6 heteroatoms. The van der Waals surface area contributed by atoms with E-state index in [4.69, 9.17) is 5.73 Å². The van der Waals surface area contributed by atoms with E-state index in [9.17, 15) is 23.1 Å². The topological polar surface area (TPSA) is 66.2 Å². The molecular formula is C7H3F3NO2-. The van der Waals surface area contributed by atoms with Crippen molar-refractivity contribution in [1.29, 1.82) is 0 Å². The number of carbonyl (C=O) groups is 1. The number of hydrogen-bond donors (Lipinski definition) is 1. The largest absolute Gasteiger partial charge is 0.545 e. The lowest BCUT2D eigenvalue weighted by molar-refractivity contribution is -0.255. The molecule has 13 heavy (non-hydrogen) atoms. The molecule has 1 aromatic rings. The fourth-order valence-electron chi connectivity index (χ4n) is 0.803. The maximum Gasteiger partial charge on any atom is 0.170 e. The van der Waals surface area contributed by atoms with Crippen molar-refractivity contribution in [1.82, 2.24) is 0 Å². The molecule has 0 fully saturated rings. The Kier molecular flexibility index (Phi) is 2.14. The van der Waals surface area contributed by atoms with Crippen molar-refractivity contribution < 1.29 is 23.1 Å². The van der Waals surface area contributed by atoms with Gasteiger partial charge in [0.05, 0.1) is 17.2 Å². The van der Waals surface area contributed by atoms with Gasteiger partial charge in [0.15, 0.2) is 17.5 Å². The molecule has 0 aliphatic carbocycles. The van der Waals surface area contributed by atoms with Crippen LogP contribution in [0.4, 0.5) is 18.9 Å². The van der Waals surface area contributed by atoms with E-state index < -0.39 is 34.7 Å². The van der Waals surface area contributed by atoms with Crippen LogP contribution in [0.1, 0.15) is 10.4 Å². The number of carboxylic acid groups (broad SMARTS) is 1. The number of aromatic carboxylic acids is 1. The summed E-state index contributed by atoms with van der Waals surface area (Å²) in [7, 11) is 0. The number of anilines is 1. The third-order valence-corrected chi connectivity index (χ3v) is 1.39. The Morgan fingerprint density at radius 2 is 1.85 bits per heavy atom. The molecule has 0 saturated carbocycles. The summed E-state index contributed by atoms with van der Waals surface area (Å²) in [6, 6.07) is 0.358. The predicted octanol–water partition coefficient (Wildman–Crippen LogP) is 0.0496. The SMILES string of the molecule is Nc1cc(F)c(F)c(C(=O)[O-])c1F. The van der Waals surface area contributed by atoms with Crippen LogP contribution in [0.25, 0.3) is 0 Å². The lowest BCUT2D eigenvalue weighted by Gasteiger charge is -2.07. The average molecular weight is 190 g/mol. The zero-order chi connectivity index (χ0) is 10.2. The number of nitrogens with two attached hydrogens (primary N) is 1. The fourth-order valence-corrected chi connectivity index (χ4v) is 0.803. The maximum atomic E-state index is 12.7. The molecule has 0 unspecified atom stereocenters. The summed E-state index contributed by atoms with van der Waals surface area (Å²) < 4.78 is 37.8. The van der Waals surface area contributed by atoms with E-state index in [-0.39, 0.29) is 0 Å². The van der Waals surface area contributed by atoms with Crippen LogP contribution in [-0.4, -0.2) is 5.97 Å². The van der Waals surface area contributed by atoms with Crippen molar-refractivity contribution in [3.8, 4) is 0 Å². The van der Waals surface area contributed by atoms with Gasteiger partial charge in [-0.15, -0.1) is 0 Å². The van der Waals surface area contributed by atoms with Gasteiger partial charge >= 0.3 is 0 Å². The zero-order valence-electron chi connectivity index (χ0n) is 6.11. The highest BCUT2D eigenvalue weighted by Gasteiger charge is 2.17. The lowest BCUT2D eigenvalue weighted by atomic mass is 10.1. The Bertz CT molecular complexity index is 352. The van der Waals surface area contributed by atoms with Crippen molar-refractivity contribution in [2.45, 2.75) is 0 Å². The second-order valence-electron chi connectivity index (χ2n) is 2.24. The number of carbonyl (C=O) groups excluding carboxylic acids is 1. The molecule has 3 nitrogen and oxygen atoms in total. The molecule has 1 aromatic carbocycles. The molecule has 2 N–H and O–H groups in total. The lowest BCUT2D eigenvalue weighted by Crippen LogP contribution is -2.26. The van der Waals surface area contributed by atoms with Crippen molar-refractivity contribution in [3.05, 3.63) is 29.1 Å². The number of carboxylic acids is 1. The molecule has 70 valence electrons. The summed E-state index contributed by atoms with van der Waals surface area (Å²) >= 11 is 0. The van der Waals surface area contributed by atoms with Crippen molar-refractivity contribution in [2.75, 3.05) is 5.73 Å². The van der Waals surface area contributed by atoms with Crippen molar-refractivity contribution >= 4 is 11.7 Å². The molecule has 1 rings (SSSR count). The Morgan fingerprint density at radius 3 is 2.31 bits per heavy atom. The van der Waals surface area contributed by atoms with Gasteiger partial charge in [0, 0.05) is 6.07 Å². The van der Waals surface area contributed by atoms with Crippen LogP contribution in [0.2, 0.25) is 0 Å². The van der Waals surface area contributed by atoms with E-state index in [1.165, 1.54) is 0 Å².